The van der Waals surface area contributed by atoms with Crippen LogP contribution in [0.4, 0.5) is 5.69 Å². The third-order valence-corrected chi connectivity index (χ3v) is 2.57. The molecule has 3 heteroatoms. The molecule has 0 saturated carbocycles. The first kappa shape index (κ1) is 11.9. The Labute approximate surface area is 96.1 Å². The summed E-state index contributed by atoms with van der Waals surface area (Å²) in [7, 11) is 1.99. The molecule has 1 rings (SSSR count). The van der Waals surface area contributed by atoms with E-state index in [1.54, 1.807) is 12.1 Å². The molecule has 15 heavy (non-hydrogen) atoms. The van der Waals surface area contributed by atoms with E-state index in [9.17, 15) is 0 Å². The molecule has 0 aliphatic heterocycles. The zero-order valence-electron chi connectivity index (χ0n) is 9.13. The Morgan fingerprint density at radius 3 is 2.80 bits per heavy atom. The van der Waals surface area contributed by atoms with Gasteiger partial charge in [-0.25, -0.2) is 0 Å². The molecule has 1 aromatic rings. The fraction of sp³-hybridized carbons (Fsp3) is 0.417. The number of halogens is 1. The van der Waals surface area contributed by atoms with Gasteiger partial charge in [-0.15, -0.1) is 0 Å². The normalized spacial score (nSPS) is 9.73. The van der Waals surface area contributed by atoms with Crippen molar-refractivity contribution in [1.29, 1.82) is 5.26 Å². The van der Waals surface area contributed by atoms with Crippen LogP contribution >= 0.6 is 11.6 Å². The lowest BCUT2D eigenvalue weighted by atomic mass is 10.1. The van der Waals surface area contributed by atoms with Crippen molar-refractivity contribution >= 4 is 17.3 Å². The maximum atomic E-state index is 8.96. The number of hydrogen-bond donors (Lipinski definition) is 0. The Bertz CT molecular complexity index is 368. The van der Waals surface area contributed by atoms with Crippen LogP contribution in [-0.2, 0) is 0 Å². The molecule has 0 unspecified atom stereocenters. The quantitative estimate of drug-likeness (QED) is 0.780. The van der Waals surface area contributed by atoms with Crippen molar-refractivity contribution in [3.05, 3.63) is 28.8 Å². The van der Waals surface area contributed by atoms with Crippen LogP contribution in [0.2, 0.25) is 5.02 Å². The van der Waals surface area contributed by atoms with E-state index in [2.05, 4.69) is 17.9 Å². The van der Waals surface area contributed by atoms with E-state index < -0.39 is 0 Å². The summed E-state index contributed by atoms with van der Waals surface area (Å²) >= 11 is 5.92. The molecule has 0 N–H and O–H groups in total. The van der Waals surface area contributed by atoms with E-state index in [0.29, 0.717) is 10.6 Å². The molecular weight excluding hydrogens is 208 g/mol. The van der Waals surface area contributed by atoms with Gasteiger partial charge in [0.05, 0.1) is 11.3 Å². The van der Waals surface area contributed by atoms with Crippen molar-refractivity contribution in [1.82, 2.24) is 0 Å². The summed E-state index contributed by atoms with van der Waals surface area (Å²) in [6.07, 6.45) is 2.26. The highest BCUT2D eigenvalue weighted by molar-refractivity contribution is 6.30. The number of anilines is 1. The Balaban J connectivity index is 2.91. The van der Waals surface area contributed by atoms with E-state index in [0.717, 1.165) is 25.1 Å². The second kappa shape index (κ2) is 5.63. The van der Waals surface area contributed by atoms with Crippen LogP contribution in [-0.4, -0.2) is 13.6 Å². The molecule has 0 aliphatic rings. The number of rotatable bonds is 4. The van der Waals surface area contributed by atoms with Crippen LogP contribution in [0, 0.1) is 11.3 Å². The summed E-state index contributed by atoms with van der Waals surface area (Å²) in [4.78, 5) is 2.08. The number of benzene rings is 1. The molecular formula is C12H15ClN2. The predicted molar refractivity (Wildman–Crippen MR) is 64.3 cm³/mol. The summed E-state index contributed by atoms with van der Waals surface area (Å²) in [6.45, 7) is 3.10. The summed E-state index contributed by atoms with van der Waals surface area (Å²) in [5.74, 6) is 0. The molecule has 2 nitrogen and oxygen atoms in total. The monoisotopic (exact) mass is 222 g/mol. The average Bonchev–Trinajstić information content (AvgIpc) is 2.25. The van der Waals surface area contributed by atoms with Gasteiger partial charge in [-0.1, -0.05) is 24.9 Å². The Kier molecular flexibility index (Phi) is 4.45. The second-order valence-corrected chi connectivity index (χ2v) is 3.98. The van der Waals surface area contributed by atoms with Crippen molar-refractivity contribution in [2.75, 3.05) is 18.5 Å². The molecule has 0 atom stereocenters. The predicted octanol–water partition coefficient (Wildman–Crippen LogP) is 3.45. The van der Waals surface area contributed by atoms with Gasteiger partial charge >= 0.3 is 0 Å². The van der Waals surface area contributed by atoms with Crippen molar-refractivity contribution in [2.45, 2.75) is 19.8 Å². The van der Waals surface area contributed by atoms with Crippen LogP contribution in [0.3, 0.4) is 0 Å². The fourth-order valence-electron chi connectivity index (χ4n) is 1.43. The molecule has 0 amide bonds. The van der Waals surface area contributed by atoms with E-state index in [1.807, 2.05) is 13.1 Å². The molecule has 0 saturated heterocycles. The third-order valence-electron chi connectivity index (χ3n) is 2.34. The van der Waals surface area contributed by atoms with Crippen LogP contribution in [0.1, 0.15) is 25.3 Å². The lowest BCUT2D eigenvalue weighted by Gasteiger charge is -2.20. The molecule has 0 fully saturated rings. The molecule has 80 valence electrons. The molecule has 0 spiro atoms. The highest BCUT2D eigenvalue weighted by Gasteiger charge is 2.07. The van der Waals surface area contributed by atoms with Gasteiger partial charge in [0, 0.05) is 18.6 Å². The first-order valence-electron chi connectivity index (χ1n) is 5.09. The number of nitrogens with zero attached hydrogens (tertiary/aromatic N) is 2. The summed E-state index contributed by atoms with van der Waals surface area (Å²) in [5.41, 5.74) is 1.59. The van der Waals surface area contributed by atoms with Crippen LogP contribution < -0.4 is 4.90 Å². The zero-order chi connectivity index (χ0) is 11.3. The minimum Gasteiger partial charge on any atom is -0.373 e. The second-order valence-electron chi connectivity index (χ2n) is 3.55. The van der Waals surface area contributed by atoms with Gasteiger partial charge in [-0.2, -0.15) is 5.26 Å². The van der Waals surface area contributed by atoms with Crippen LogP contribution in [0.25, 0.3) is 0 Å². The maximum Gasteiger partial charge on any atom is 0.101 e. The number of hydrogen-bond acceptors (Lipinski definition) is 2. The molecule has 0 radical (unpaired) electrons. The summed E-state index contributed by atoms with van der Waals surface area (Å²) < 4.78 is 0. The van der Waals surface area contributed by atoms with E-state index in [-0.39, 0.29) is 0 Å². The van der Waals surface area contributed by atoms with E-state index >= 15 is 0 Å². The van der Waals surface area contributed by atoms with Gasteiger partial charge in [0.15, 0.2) is 0 Å². The van der Waals surface area contributed by atoms with Crippen molar-refractivity contribution in [3.8, 4) is 6.07 Å². The molecule has 0 bridgehead atoms. The van der Waals surface area contributed by atoms with Crippen molar-refractivity contribution in [2.24, 2.45) is 0 Å². The molecule has 0 heterocycles. The SMILES string of the molecule is CCCCN(C)c1cc(Cl)ccc1C#N. The lowest BCUT2D eigenvalue weighted by Crippen LogP contribution is -2.19. The van der Waals surface area contributed by atoms with E-state index in [1.165, 1.54) is 0 Å². The zero-order valence-corrected chi connectivity index (χ0v) is 9.88. The highest BCUT2D eigenvalue weighted by atomic mass is 35.5. The first-order valence-corrected chi connectivity index (χ1v) is 5.47. The van der Waals surface area contributed by atoms with Gasteiger partial charge in [-0.05, 0) is 24.6 Å². The largest absolute Gasteiger partial charge is 0.373 e. The standard InChI is InChI=1S/C12H15ClN2/c1-3-4-7-15(2)12-8-11(13)6-5-10(12)9-14/h5-6,8H,3-4,7H2,1-2H3. The lowest BCUT2D eigenvalue weighted by molar-refractivity contribution is 0.766. The van der Waals surface area contributed by atoms with Crippen molar-refractivity contribution in [3.63, 3.8) is 0 Å². The maximum absolute atomic E-state index is 8.96. The topological polar surface area (TPSA) is 27.0 Å². The number of nitriles is 1. The van der Waals surface area contributed by atoms with Gasteiger partial charge < -0.3 is 4.90 Å². The summed E-state index contributed by atoms with van der Waals surface area (Å²) in [5, 5.41) is 9.64. The highest BCUT2D eigenvalue weighted by Crippen LogP contribution is 2.23. The average molecular weight is 223 g/mol. The molecule has 0 aliphatic carbocycles. The minimum atomic E-state index is 0.673. The third kappa shape index (κ3) is 3.14. The minimum absolute atomic E-state index is 0.673. The van der Waals surface area contributed by atoms with Gasteiger partial charge in [0.2, 0.25) is 0 Å². The van der Waals surface area contributed by atoms with Gasteiger partial charge in [-0.3, -0.25) is 0 Å². The van der Waals surface area contributed by atoms with Gasteiger partial charge in [0.25, 0.3) is 0 Å². The van der Waals surface area contributed by atoms with Crippen LogP contribution in [0.5, 0.6) is 0 Å². The fourth-order valence-corrected chi connectivity index (χ4v) is 1.60. The van der Waals surface area contributed by atoms with Gasteiger partial charge in [0.1, 0.15) is 6.07 Å². The number of unbranched alkanes of at least 4 members (excludes halogenated alkanes) is 1. The van der Waals surface area contributed by atoms with E-state index in [4.69, 9.17) is 16.9 Å². The smallest absolute Gasteiger partial charge is 0.101 e. The first-order chi connectivity index (χ1) is 7.19. The Hall–Kier alpha value is -1.20. The molecule has 0 aromatic heterocycles. The van der Waals surface area contributed by atoms with Crippen LogP contribution in [0.15, 0.2) is 18.2 Å². The van der Waals surface area contributed by atoms with Crippen molar-refractivity contribution < 1.29 is 0 Å². The Morgan fingerprint density at radius 2 is 2.20 bits per heavy atom. The Morgan fingerprint density at radius 1 is 1.47 bits per heavy atom. The summed E-state index contributed by atoms with van der Waals surface area (Å²) in [6, 6.07) is 7.53. The molecule has 1 aromatic carbocycles.